The Balaban J connectivity index is 1.26. The molecule has 1 amide bonds. The second kappa shape index (κ2) is 9.62. The summed E-state index contributed by atoms with van der Waals surface area (Å²) in [6, 6.07) is 9.83. The standard InChI is InChI=1S/C22H27ClN6O2/c1-3-29-19(14-16(2)26-29)22-25-24-20(31-22)8-9-21(30)28-12-10-27(11-13-28)15-17-6-4-5-7-18(17)23/h4-7,14H,3,8-13,15H2,1-2H3. The number of piperazine rings is 1. The Morgan fingerprint density at radius 1 is 1.16 bits per heavy atom. The lowest BCUT2D eigenvalue weighted by Crippen LogP contribution is -2.48. The summed E-state index contributed by atoms with van der Waals surface area (Å²) in [7, 11) is 0. The van der Waals surface area contributed by atoms with Crippen LogP contribution < -0.4 is 0 Å². The molecule has 8 nitrogen and oxygen atoms in total. The molecule has 0 saturated carbocycles. The summed E-state index contributed by atoms with van der Waals surface area (Å²) >= 11 is 6.27. The molecular formula is C22H27ClN6O2. The Morgan fingerprint density at radius 3 is 2.68 bits per heavy atom. The first kappa shape index (κ1) is 21.5. The van der Waals surface area contributed by atoms with Crippen LogP contribution in [0.5, 0.6) is 0 Å². The van der Waals surface area contributed by atoms with Gasteiger partial charge in [0.2, 0.25) is 11.8 Å². The molecule has 1 fully saturated rings. The van der Waals surface area contributed by atoms with Crippen LogP contribution in [0.15, 0.2) is 34.7 Å². The molecule has 0 unspecified atom stereocenters. The molecule has 1 saturated heterocycles. The minimum Gasteiger partial charge on any atom is -0.419 e. The lowest BCUT2D eigenvalue weighted by Gasteiger charge is -2.35. The first-order valence-electron chi connectivity index (χ1n) is 10.6. The fourth-order valence-electron chi connectivity index (χ4n) is 3.81. The van der Waals surface area contributed by atoms with Crippen molar-refractivity contribution in [2.75, 3.05) is 26.2 Å². The Labute approximate surface area is 186 Å². The molecular weight excluding hydrogens is 416 g/mol. The summed E-state index contributed by atoms with van der Waals surface area (Å²) in [5, 5.41) is 13.4. The van der Waals surface area contributed by atoms with E-state index in [1.165, 1.54) is 0 Å². The van der Waals surface area contributed by atoms with E-state index in [0.717, 1.165) is 48.2 Å². The molecule has 1 aliphatic heterocycles. The van der Waals surface area contributed by atoms with Gasteiger partial charge in [-0.2, -0.15) is 5.10 Å². The van der Waals surface area contributed by atoms with Crippen molar-refractivity contribution in [1.29, 1.82) is 0 Å². The summed E-state index contributed by atoms with van der Waals surface area (Å²) in [5.41, 5.74) is 2.83. The number of nitrogens with zero attached hydrogens (tertiary/aromatic N) is 6. The van der Waals surface area contributed by atoms with Gasteiger partial charge in [0, 0.05) is 57.1 Å². The van der Waals surface area contributed by atoms with E-state index in [0.29, 0.717) is 37.7 Å². The summed E-state index contributed by atoms with van der Waals surface area (Å²) in [6.45, 7) is 8.58. The first-order valence-corrected chi connectivity index (χ1v) is 11.0. The van der Waals surface area contributed by atoms with E-state index in [1.54, 1.807) is 0 Å². The van der Waals surface area contributed by atoms with Crippen LogP contribution in [0.2, 0.25) is 5.02 Å². The Morgan fingerprint density at radius 2 is 1.94 bits per heavy atom. The molecule has 1 aliphatic rings. The molecule has 31 heavy (non-hydrogen) atoms. The predicted octanol–water partition coefficient (Wildman–Crippen LogP) is 3.19. The molecule has 4 rings (SSSR count). The normalized spacial score (nSPS) is 14.9. The number of carbonyl (C=O) groups excluding carboxylic acids is 1. The van der Waals surface area contributed by atoms with Gasteiger partial charge in [-0.05, 0) is 31.5 Å². The van der Waals surface area contributed by atoms with Crippen LogP contribution in [-0.2, 0) is 24.3 Å². The minimum atomic E-state index is 0.117. The summed E-state index contributed by atoms with van der Waals surface area (Å²) in [4.78, 5) is 16.9. The number of aromatic nitrogens is 4. The fraction of sp³-hybridized carbons (Fsp3) is 0.455. The first-order chi connectivity index (χ1) is 15.0. The third kappa shape index (κ3) is 5.14. The van der Waals surface area contributed by atoms with Crippen molar-refractivity contribution in [1.82, 2.24) is 29.8 Å². The van der Waals surface area contributed by atoms with Crippen LogP contribution in [0.4, 0.5) is 0 Å². The molecule has 3 aromatic rings. The summed E-state index contributed by atoms with van der Waals surface area (Å²) in [5.74, 6) is 1.03. The van der Waals surface area contributed by atoms with E-state index in [1.807, 2.05) is 53.8 Å². The average molecular weight is 443 g/mol. The van der Waals surface area contributed by atoms with Gasteiger partial charge >= 0.3 is 0 Å². The molecule has 9 heteroatoms. The number of hydrogen-bond donors (Lipinski definition) is 0. The van der Waals surface area contributed by atoms with E-state index >= 15 is 0 Å². The van der Waals surface area contributed by atoms with Crippen molar-refractivity contribution in [3.05, 3.63) is 52.5 Å². The molecule has 2 aromatic heterocycles. The van der Waals surface area contributed by atoms with Gasteiger partial charge < -0.3 is 9.32 Å². The summed E-state index contributed by atoms with van der Waals surface area (Å²) in [6.07, 6.45) is 0.795. The van der Waals surface area contributed by atoms with Gasteiger partial charge in [0.15, 0.2) is 0 Å². The summed E-state index contributed by atoms with van der Waals surface area (Å²) < 4.78 is 7.62. The van der Waals surface area contributed by atoms with Gasteiger partial charge in [0.25, 0.3) is 5.89 Å². The predicted molar refractivity (Wildman–Crippen MR) is 118 cm³/mol. The SMILES string of the molecule is CCn1nc(C)cc1-c1nnc(CCC(=O)N2CCN(Cc3ccccc3Cl)CC2)o1. The number of carbonyl (C=O) groups is 1. The van der Waals surface area contributed by atoms with Crippen LogP contribution in [0, 0.1) is 6.92 Å². The Hall–Kier alpha value is -2.71. The zero-order valence-corrected chi connectivity index (χ0v) is 18.7. The molecule has 0 spiro atoms. The fourth-order valence-corrected chi connectivity index (χ4v) is 4.01. The maximum absolute atomic E-state index is 12.7. The highest BCUT2D eigenvalue weighted by molar-refractivity contribution is 6.31. The molecule has 3 heterocycles. The van der Waals surface area contributed by atoms with Crippen molar-refractivity contribution in [2.45, 2.75) is 39.8 Å². The molecule has 0 atom stereocenters. The highest BCUT2D eigenvalue weighted by atomic mass is 35.5. The number of halogens is 1. The third-order valence-electron chi connectivity index (χ3n) is 5.52. The van der Waals surface area contributed by atoms with Crippen LogP contribution in [-0.4, -0.2) is 61.9 Å². The van der Waals surface area contributed by atoms with Crippen molar-refractivity contribution < 1.29 is 9.21 Å². The van der Waals surface area contributed by atoms with Gasteiger partial charge in [-0.3, -0.25) is 14.4 Å². The highest BCUT2D eigenvalue weighted by Crippen LogP contribution is 2.20. The molecule has 0 N–H and O–H groups in total. The number of benzene rings is 1. The maximum atomic E-state index is 12.7. The minimum absolute atomic E-state index is 0.117. The van der Waals surface area contributed by atoms with Gasteiger partial charge in [0.1, 0.15) is 5.69 Å². The van der Waals surface area contributed by atoms with Crippen LogP contribution in [0.1, 0.15) is 30.5 Å². The van der Waals surface area contributed by atoms with E-state index in [9.17, 15) is 4.79 Å². The Kier molecular flexibility index (Phi) is 6.67. The van der Waals surface area contributed by atoms with Crippen molar-refractivity contribution >= 4 is 17.5 Å². The molecule has 0 radical (unpaired) electrons. The smallest absolute Gasteiger partial charge is 0.265 e. The number of aryl methyl sites for hydroxylation is 3. The van der Waals surface area contributed by atoms with Crippen LogP contribution in [0.25, 0.3) is 11.6 Å². The maximum Gasteiger partial charge on any atom is 0.265 e. The Bertz CT molecular complexity index is 1040. The molecule has 1 aromatic carbocycles. The zero-order chi connectivity index (χ0) is 21.8. The van der Waals surface area contributed by atoms with Gasteiger partial charge in [0.05, 0.1) is 5.69 Å². The van der Waals surface area contributed by atoms with E-state index < -0.39 is 0 Å². The third-order valence-corrected chi connectivity index (χ3v) is 5.89. The quantitative estimate of drug-likeness (QED) is 0.559. The van der Waals surface area contributed by atoms with E-state index in [-0.39, 0.29) is 5.91 Å². The van der Waals surface area contributed by atoms with Crippen molar-refractivity contribution in [3.8, 4) is 11.6 Å². The van der Waals surface area contributed by atoms with Gasteiger partial charge in [-0.15, -0.1) is 10.2 Å². The second-order valence-electron chi connectivity index (χ2n) is 7.74. The monoisotopic (exact) mass is 442 g/mol. The van der Waals surface area contributed by atoms with Gasteiger partial charge in [-0.25, -0.2) is 0 Å². The topological polar surface area (TPSA) is 80.3 Å². The second-order valence-corrected chi connectivity index (χ2v) is 8.14. The lowest BCUT2D eigenvalue weighted by atomic mass is 10.2. The zero-order valence-electron chi connectivity index (χ0n) is 17.9. The largest absolute Gasteiger partial charge is 0.419 e. The number of amides is 1. The van der Waals surface area contributed by atoms with Gasteiger partial charge in [-0.1, -0.05) is 29.8 Å². The molecule has 0 aliphatic carbocycles. The van der Waals surface area contributed by atoms with Crippen LogP contribution >= 0.6 is 11.6 Å². The average Bonchev–Trinajstić information content (AvgIpc) is 3.40. The molecule has 0 bridgehead atoms. The van der Waals surface area contributed by atoms with E-state index in [4.69, 9.17) is 16.0 Å². The van der Waals surface area contributed by atoms with E-state index in [2.05, 4.69) is 20.2 Å². The van der Waals surface area contributed by atoms with Crippen molar-refractivity contribution in [3.63, 3.8) is 0 Å². The lowest BCUT2D eigenvalue weighted by molar-refractivity contribution is -0.133. The molecule has 164 valence electrons. The van der Waals surface area contributed by atoms with Crippen LogP contribution in [0.3, 0.4) is 0 Å². The highest BCUT2D eigenvalue weighted by Gasteiger charge is 2.22. The number of rotatable bonds is 7. The number of hydrogen-bond acceptors (Lipinski definition) is 6. The van der Waals surface area contributed by atoms with Crippen molar-refractivity contribution in [2.24, 2.45) is 0 Å².